The average molecular weight is 278 g/mol. The molecule has 1 aliphatic rings. The van der Waals surface area contributed by atoms with Gasteiger partial charge in [0.05, 0.1) is 18.8 Å². The fraction of sp³-hybridized carbons (Fsp3) is 0.733. The van der Waals surface area contributed by atoms with E-state index in [9.17, 15) is 0 Å². The number of anilines is 2. The van der Waals surface area contributed by atoms with E-state index in [1.54, 1.807) is 6.33 Å². The van der Waals surface area contributed by atoms with Crippen molar-refractivity contribution in [3.63, 3.8) is 0 Å². The first-order chi connectivity index (χ1) is 9.67. The van der Waals surface area contributed by atoms with E-state index in [0.717, 1.165) is 44.2 Å². The van der Waals surface area contributed by atoms with Gasteiger partial charge in [0.1, 0.15) is 18.0 Å². The summed E-state index contributed by atoms with van der Waals surface area (Å²) >= 11 is 0. The molecule has 5 heteroatoms. The van der Waals surface area contributed by atoms with Crippen molar-refractivity contribution >= 4 is 11.6 Å². The number of hydrogen-bond acceptors (Lipinski definition) is 5. The highest BCUT2D eigenvalue weighted by Crippen LogP contribution is 2.27. The van der Waals surface area contributed by atoms with Crippen LogP contribution in [0.25, 0.3) is 0 Å². The second kappa shape index (κ2) is 6.88. The number of ether oxygens (including phenoxy) is 1. The van der Waals surface area contributed by atoms with E-state index >= 15 is 0 Å². The van der Waals surface area contributed by atoms with Crippen LogP contribution in [-0.4, -0.2) is 41.8 Å². The van der Waals surface area contributed by atoms with Crippen molar-refractivity contribution in [3.8, 4) is 0 Å². The lowest BCUT2D eigenvalue weighted by molar-refractivity contribution is 0.0340. The van der Waals surface area contributed by atoms with Gasteiger partial charge in [-0.05, 0) is 26.7 Å². The van der Waals surface area contributed by atoms with Crippen LogP contribution >= 0.6 is 0 Å². The molecular formula is C15H26N4O. The van der Waals surface area contributed by atoms with Crippen LogP contribution in [-0.2, 0) is 11.2 Å². The molecule has 2 atom stereocenters. The Balaban J connectivity index is 2.29. The van der Waals surface area contributed by atoms with E-state index in [4.69, 9.17) is 4.74 Å². The average Bonchev–Trinajstić information content (AvgIpc) is 2.47. The van der Waals surface area contributed by atoms with Crippen LogP contribution < -0.4 is 10.2 Å². The van der Waals surface area contributed by atoms with Gasteiger partial charge in [-0.2, -0.15) is 0 Å². The molecule has 0 aliphatic carbocycles. The number of morpholine rings is 1. The summed E-state index contributed by atoms with van der Waals surface area (Å²) in [4.78, 5) is 11.3. The monoisotopic (exact) mass is 278 g/mol. The van der Waals surface area contributed by atoms with Crippen molar-refractivity contribution in [3.05, 3.63) is 11.9 Å². The topological polar surface area (TPSA) is 50.3 Å². The Morgan fingerprint density at radius 2 is 2.15 bits per heavy atom. The van der Waals surface area contributed by atoms with Crippen molar-refractivity contribution < 1.29 is 4.74 Å². The second-order valence-electron chi connectivity index (χ2n) is 5.45. The highest BCUT2D eigenvalue weighted by Gasteiger charge is 2.27. The zero-order valence-corrected chi connectivity index (χ0v) is 13.0. The molecule has 1 aromatic rings. The SMILES string of the molecule is CCCNc1ncnc(N2CC(C)OCC2C)c1CC. The van der Waals surface area contributed by atoms with Crippen molar-refractivity contribution in [2.24, 2.45) is 0 Å². The highest BCUT2D eigenvalue weighted by atomic mass is 16.5. The van der Waals surface area contributed by atoms with Crippen molar-refractivity contribution in [2.45, 2.75) is 52.7 Å². The molecular weight excluding hydrogens is 252 g/mol. The minimum atomic E-state index is 0.248. The Morgan fingerprint density at radius 1 is 1.35 bits per heavy atom. The van der Waals surface area contributed by atoms with Gasteiger partial charge in [-0.15, -0.1) is 0 Å². The van der Waals surface area contributed by atoms with Crippen molar-refractivity contribution in [1.29, 1.82) is 0 Å². The van der Waals surface area contributed by atoms with Gasteiger partial charge < -0.3 is 15.0 Å². The number of aromatic nitrogens is 2. The molecule has 0 spiro atoms. The zero-order chi connectivity index (χ0) is 14.5. The normalized spacial score (nSPS) is 22.9. The van der Waals surface area contributed by atoms with E-state index in [1.807, 2.05) is 0 Å². The third-order valence-corrected chi connectivity index (χ3v) is 3.70. The molecule has 2 unspecified atom stereocenters. The zero-order valence-electron chi connectivity index (χ0n) is 13.0. The smallest absolute Gasteiger partial charge is 0.137 e. The molecule has 1 N–H and O–H groups in total. The number of nitrogens with zero attached hydrogens (tertiary/aromatic N) is 3. The minimum absolute atomic E-state index is 0.248. The van der Waals surface area contributed by atoms with Gasteiger partial charge in [-0.25, -0.2) is 9.97 Å². The number of rotatable bonds is 5. The molecule has 112 valence electrons. The minimum Gasteiger partial charge on any atom is -0.375 e. The third-order valence-electron chi connectivity index (χ3n) is 3.70. The largest absolute Gasteiger partial charge is 0.375 e. The molecule has 20 heavy (non-hydrogen) atoms. The molecule has 1 aliphatic heterocycles. The van der Waals surface area contributed by atoms with Gasteiger partial charge >= 0.3 is 0 Å². The summed E-state index contributed by atoms with van der Waals surface area (Å²) in [5.74, 6) is 2.04. The summed E-state index contributed by atoms with van der Waals surface area (Å²) in [6, 6.07) is 0.352. The maximum atomic E-state index is 5.71. The molecule has 1 aromatic heterocycles. The second-order valence-corrected chi connectivity index (χ2v) is 5.45. The summed E-state index contributed by atoms with van der Waals surface area (Å²) in [7, 11) is 0. The number of hydrogen-bond donors (Lipinski definition) is 1. The Morgan fingerprint density at radius 3 is 2.85 bits per heavy atom. The van der Waals surface area contributed by atoms with Crippen LogP contribution in [0.3, 0.4) is 0 Å². The van der Waals surface area contributed by atoms with E-state index in [0.29, 0.717) is 6.04 Å². The van der Waals surface area contributed by atoms with E-state index < -0.39 is 0 Å². The van der Waals surface area contributed by atoms with E-state index in [-0.39, 0.29) is 6.10 Å². The summed E-state index contributed by atoms with van der Waals surface area (Å²) in [5, 5.41) is 3.41. The quantitative estimate of drug-likeness (QED) is 0.896. The third kappa shape index (κ3) is 3.20. The molecule has 0 bridgehead atoms. The van der Waals surface area contributed by atoms with Crippen LogP contribution in [0.2, 0.25) is 0 Å². The maximum Gasteiger partial charge on any atom is 0.137 e. The van der Waals surface area contributed by atoms with E-state index in [2.05, 4.69) is 47.9 Å². The van der Waals surface area contributed by atoms with Gasteiger partial charge in [0.25, 0.3) is 0 Å². The molecule has 0 amide bonds. The van der Waals surface area contributed by atoms with E-state index in [1.165, 1.54) is 5.56 Å². The fourth-order valence-electron chi connectivity index (χ4n) is 2.57. The van der Waals surface area contributed by atoms with Gasteiger partial charge in [0.2, 0.25) is 0 Å². The molecule has 0 aromatic carbocycles. The first kappa shape index (κ1) is 15.0. The molecule has 2 rings (SSSR count). The molecule has 0 saturated carbocycles. The summed E-state index contributed by atoms with van der Waals surface area (Å²) < 4.78 is 5.71. The van der Waals surface area contributed by atoms with Crippen LogP contribution in [0.5, 0.6) is 0 Å². The first-order valence-electron chi connectivity index (χ1n) is 7.63. The lowest BCUT2D eigenvalue weighted by Gasteiger charge is -2.38. The van der Waals surface area contributed by atoms with Crippen LogP contribution in [0.4, 0.5) is 11.6 Å². The van der Waals surface area contributed by atoms with Gasteiger partial charge in [-0.1, -0.05) is 13.8 Å². The Kier molecular flexibility index (Phi) is 5.17. The van der Waals surface area contributed by atoms with Gasteiger partial charge in [-0.3, -0.25) is 0 Å². The predicted molar refractivity (Wildman–Crippen MR) is 82.4 cm³/mol. The Labute approximate surface area is 121 Å². The van der Waals surface area contributed by atoms with Crippen molar-refractivity contribution in [2.75, 3.05) is 29.9 Å². The van der Waals surface area contributed by atoms with Crippen LogP contribution in [0.1, 0.15) is 39.7 Å². The number of nitrogens with one attached hydrogen (secondary N) is 1. The molecule has 2 heterocycles. The van der Waals surface area contributed by atoms with Crippen LogP contribution in [0.15, 0.2) is 6.33 Å². The van der Waals surface area contributed by atoms with Gasteiger partial charge in [0, 0.05) is 18.7 Å². The molecule has 1 fully saturated rings. The molecule has 5 nitrogen and oxygen atoms in total. The van der Waals surface area contributed by atoms with Crippen LogP contribution in [0, 0.1) is 0 Å². The maximum absolute atomic E-state index is 5.71. The highest BCUT2D eigenvalue weighted by molar-refractivity contribution is 5.59. The lowest BCUT2D eigenvalue weighted by atomic mass is 10.1. The summed E-state index contributed by atoms with van der Waals surface area (Å²) in [6.45, 7) is 11.2. The Hall–Kier alpha value is -1.36. The van der Waals surface area contributed by atoms with Gasteiger partial charge in [0.15, 0.2) is 0 Å². The lowest BCUT2D eigenvalue weighted by Crippen LogP contribution is -2.48. The fourth-order valence-corrected chi connectivity index (χ4v) is 2.57. The first-order valence-corrected chi connectivity index (χ1v) is 7.63. The Bertz CT molecular complexity index is 438. The van der Waals surface area contributed by atoms with Crippen molar-refractivity contribution in [1.82, 2.24) is 9.97 Å². The predicted octanol–water partition coefficient (Wildman–Crippen LogP) is 2.47. The standard InChI is InChI=1S/C15H26N4O/c1-5-7-16-14-13(6-2)15(18-10-17-14)19-8-12(4)20-9-11(19)3/h10-12H,5-9H2,1-4H3,(H,16,17,18). The molecule has 1 saturated heterocycles. The summed E-state index contributed by atoms with van der Waals surface area (Å²) in [6.07, 6.45) is 3.94. The molecule has 0 radical (unpaired) electrons. The summed E-state index contributed by atoms with van der Waals surface area (Å²) in [5.41, 5.74) is 1.21.